The summed E-state index contributed by atoms with van der Waals surface area (Å²) in [6, 6.07) is -12.8. The molecule has 26 heteroatoms. The smallest absolute Gasteiger partial charge is 0.407 e. The number of hydrogen-bond donors (Lipinski definition) is 6. The minimum Gasteiger partial charge on any atom is -0.444 e. The average molecular weight is 1360 g/mol. The summed E-state index contributed by atoms with van der Waals surface area (Å²) >= 11 is 0. The maximum Gasteiger partial charge on any atom is 0.407 e. The number of unbranched alkanes of at least 4 members (excludes halogenated alkanes) is 3. The molecule has 0 unspecified atom stereocenters. The van der Waals surface area contributed by atoms with Crippen LogP contribution in [-0.4, -0.2) is 238 Å². The minimum absolute atomic E-state index is 0.0491. The summed E-state index contributed by atoms with van der Waals surface area (Å²) in [5.74, 6) is -10.5. The van der Waals surface area contributed by atoms with E-state index in [0.29, 0.717) is 38.6 Å². The van der Waals surface area contributed by atoms with Gasteiger partial charge in [-0.3, -0.25) is 52.7 Å². The van der Waals surface area contributed by atoms with E-state index in [1.807, 2.05) is 55.4 Å². The van der Waals surface area contributed by atoms with Gasteiger partial charge in [-0.05, 0) is 121 Å². The molecule has 0 spiro atoms. The zero-order valence-corrected chi connectivity index (χ0v) is 63.3. The summed E-state index contributed by atoms with van der Waals surface area (Å²) in [4.78, 5) is 183. The largest absolute Gasteiger partial charge is 0.444 e. The van der Waals surface area contributed by atoms with E-state index in [9.17, 15) is 43.5 Å². The first-order valence-corrected chi connectivity index (χ1v) is 34.6. The molecule has 0 aromatic heterocycles. The maximum absolute atomic E-state index is 15.4. The number of hydrogen-bond acceptors (Lipinski definition) is 14. The highest BCUT2D eigenvalue weighted by atomic mass is 16.6. The topological polar surface area (TPSA) is 317 Å². The molecular weight excluding hydrogens is 1230 g/mol. The third kappa shape index (κ3) is 25.9. The van der Waals surface area contributed by atoms with Crippen LogP contribution >= 0.6 is 0 Å². The van der Waals surface area contributed by atoms with E-state index in [4.69, 9.17) is 4.74 Å². The number of ether oxygens (including phenoxy) is 1. The predicted molar refractivity (Wildman–Crippen MR) is 371 cm³/mol. The fourth-order valence-corrected chi connectivity index (χ4v) is 11.8. The van der Waals surface area contributed by atoms with Crippen molar-refractivity contribution in [2.75, 3.05) is 55.9 Å². The quantitative estimate of drug-likeness (QED) is 0.0667. The van der Waals surface area contributed by atoms with Gasteiger partial charge in [0.2, 0.25) is 59.1 Å². The molecule has 96 heavy (non-hydrogen) atoms. The van der Waals surface area contributed by atoms with Gasteiger partial charge in [0.05, 0.1) is 6.10 Å². The van der Waals surface area contributed by atoms with Crippen LogP contribution in [0, 0.1) is 41.4 Å². The molecule has 0 aromatic rings. The fraction of sp³-hybridized carbons (Fsp3) is 0.800. The van der Waals surface area contributed by atoms with Crippen LogP contribution in [0.15, 0.2) is 12.3 Å². The minimum atomic E-state index is -1.68. The normalized spacial score (nSPS) is 25.2. The molecule has 26 nitrogen and oxygen atoms in total. The van der Waals surface area contributed by atoms with Gasteiger partial charge in [-0.2, -0.15) is 0 Å². The number of aliphatic hydroxyl groups is 1. The van der Waals surface area contributed by atoms with Crippen molar-refractivity contribution in [3.8, 4) is 0 Å². The molecule has 6 N–H and O–H groups in total. The zero-order valence-electron chi connectivity index (χ0n) is 63.3. The lowest BCUT2D eigenvalue weighted by atomic mass is 9.90. The van der Waals surface area contributed by atoms with E-state index in [1.54, 1.807) is 62.3 Å². The maximum atomic E-state index is 15.4. The second-order valence-electron chi connectivity index (χ2n) is 30.0. The molecule has 0 radical (unpaired) electrons. The van der Waals surface area contributed by atoms with E-state index in [0.717, 1.165) is 14.7 Å². The highest BCUT2D eigenvalue weighted by Crippen LogP contribution is 2.27. The molecule has 0 bridgehead atoms. The second kappa shape index (κ2) is 39.5. The van der Waals surface area contributed by atoms with E-state index in [1.165, 1.54) is 82.8 Å². The van der Waals surface area contributed by atoms with Crippen LogP contribution in [0.25, 0.3) is 0 Å². The van der Waals surface area contributed by atoms with Crippen LogP contribution in [0.4, 0.5) is 4.79 Å². The van der Waals surface area contributed by atoms with Crippen molar-refractivity contribution in [1.82, 2.24) is 60.9 Å². The number of aliphatic hydroxyl groups excluding tert-OH is 1. The Morgan fingerprint density at radius 1 is 0.500 bits per heavy atom. The average Bonchev–Trinajstić information content (AvgIpc) is 0.806. The number of nitrogens with one attached hydrogen (secondary N) is 5. The molecule has 0 saturated carbocycles. The number of carbonyl (C=O) groups excluding carboxylic acids is 12. The zero-order chi connectivity index (χ0) is 74.5. The number of amides is 12. The highest BCUT2D eigenvalue weighted by molar-refractivity contribution is 6.02. The van der Waals surface area contributed by atoms with Crippen LogP contribution in [0.5, 0.6) is 0 Å². The summed E-state index contributed by atoms with van der Waals surface area (Å²) in [6.45, 7) is 37.6. The third-order valence-corrected chi connectivity index (χ3v) is 17.7. The number of carbonyl (C=O) groups is 12. The molecule has 1 aliphatic rings. The first kappa shape index (κ1) is 87.2. The Morgan fingerprint density at radius 3 is 1.40 bits per heavy atom. The summed E-state index contributed by atoms with van der Waals surface area (Å²) < 4.78 is 5.33. The number of rotatable bonds is 20. The Labute approximate surface area is 574 Å². The second-order valence-corrected chi connectivity index (χ2v) is 30.0. The van der Waals surface area contributed by atoms with Crippen molar-refractivity contribution in [3.63, 3.8) is 0 Å². The summed E-state index contributed by atoms with van der Waals surface area (Å²) in [5.41, 5.74) is -1.03. The molecule has 1 aliphatic heterocycles. The number of likely N-dealkylation sites (N-methyl/N-ethyl adjacent to an activating group) is 7. The SMILES string of the molecule is C=C1C(=O)N(C)[C@@H](CC(C)C)C(=O)N[C@H](C(C)C)C(=O)N(C)[C@H](CC(C)C)C(=O)N[C@H](C)C(=O)N[C@@H](C)C(=O)N(C)[C@@H](CC(C)C)C(=O)N(C)[C@@H](CC(C)C)C(=O)N(C)[C@@H](C(C)C)C(=O)N(C)[C@@H]([C@H](O)[C@H](C)CCCCCCNC(=O)OC(C)(C)C)C(=O)N[C@@H](CC)C(=O)N1C. The van der Waals surface area contributed by atoms with Crippen molar-refractivity contribution in [1.29, 1.82) is 0 Å². The van der Waals surface area contributed by atoms with Crippen LogP contribution in [-0.2, 0) is 57.5 Å². The molecule has 550 valence electrons. The lowest BCUT2D eigenvalue weighted by Gasteiger charge is -2.41. The van der Waals surface area contributed by atoms with Crippen molar-refractivity contribution >= 4 is 71.1 Å². The van der Waals surface area contributed by atoms with E-state index in [-0.39, 0.29) is 61.5 Å². The Morgan fingerprint density at radius 2 is 0.927 bits per heavy atom. The van der Waals surface area contributed by atoms with Gasteiger partial charge in [0.15, 0.2) is 0 Å². The molecule has 0 aliphatic carbocycles. The molecule has 1 fully saturated rings. The molecule has 1 saturated heterocycles. The first-order chi connectivity index (χ1) is 44.2. The van der Waals surface area contributed by atoms with Crippen LogP contribution in [0.3, 0.4) is 0 Å². The Kier molecular flexibility index (Phi) is 35.9. The van der Waals surface area contributed by atoms with Crippen molar-refractivity contribution in [2.45, 2.75) is 268 Å². The number of nitrogens with zero attached hydrogens (tertiary/aromatic N) is 7. The molecule has 0 aromatic carbocycles. The summed E-state index contributed by atoms with van der Waals surface area (Å²) in [6.07, 6.45) is 1.36. The lowest BCUT2D eigenvalue weighted by molar-refractivity contribution is -0.157. The van der Waals surface area contributed by atoms with Gasteiger partial charge in [0.1, 0.15) is 71.7 Å². The van der Waals surface area contributed by atoms with Gasteiger partial charge in [-0.15, -0.1) is 0 Å². The first-order valence-electron chi connectivity index (χ1n) is 34.6. The van der Waals surface area contributed by atoms with Crippen LogP contribution in [0.2, 0.25) is 0 Å². The molecule has 12 amide bonds. The van der Waals surface area contributed by atoms with Gasteiger partial charge in [-0.25, -0.2) is 4.79 Å². The third-order valence-electron chi connectivity index (χ3n) is 17.7. The van der Waals surface area contributed by atoms with Crippen LogP contribution in [0.1, 0.15) is 196 Å². The van der Waals surface area contributed by atoms with Crippen molar-refractivity contribution < 1.29 is 67.4 Å². The Bertz CT molecular complexity index is 2660. The monoisotopic (exact) mass is 1360 g/mol. The van der Waals surface area contributed by atoms with Gasteiger partial charge in [0, 0.05) is 55.9 Å². The number of alkyl carbamates (subject to hydrolysis) is 1. The Hall–Kier alpha value is -6.86. The van der Waals surface area contributed by atoms with Gasteiger partial charge < -0.3 is 70.7 Å². The van der Waals surface area contributed by atoms with Crippen molar-refractivity contribution in [3.05, 3.63) is 12.3 Å². The molecule has 12 atom stereocenters. The lowest BCUT2D eigenvalue weighted by Crippen LogP contribution is -2.63. The fourth-order valence-electron chi connectivity index (χ4n) is 11.8. The molecular formula is C70H126N12O14. The highest BCUT2D eigenvalue weighted by Gasteiger charge is 2.46. The summed E-state index contributed by atoms with van der Waals surface area (Å²) in [7, 11) is 9.73. The van der Waals surface area contributed by atoms with Gasteiger partial charge in [-0.1, -0.05) is 123 Å². The predicted octanol–water partition coefficient (Wildman–Crippen LogP) is 5.29. The standard InChI is InChI=1S/C70H126N12O14/c1-28-49-64(90)76(21)48(17)63(89)77(22)51(36-40(4)5)60(86)75-54(43(10)11)67(93)78(23)50(35-39(2)3)59(85)72-46(15)58(84)73-47(16)62(88)79(24)52(37-41(6)7)65(91)80(25)53(38-42(8)9)66(92)81(26)55(44(12)13)68(94)82(27)56(61(87)74-49)57(83)45(14)33-31-29-30-32-34-71-69(95)96-70(18,19)20/h39-47,49-57,83H,17,28-38H2,1-16,18-27H3,(H,71,95)(H,72,85)(H,73,84)(H,74,87)(H,75,86)/t45-,46-,47+,49+,50-,51+,52+,53+,54-,55+,56+,57-/m1/s1. The van der Waals surface area contributed by atoms with E-state index < -0.39 is 161 Å². The molecule has 1 rings (SSSR count). The van der Waals surface area contributed by atoms with Gasteiger partial charge >= 0.3 is 6.09 Å². The van der Waals surface area contributed by atoms with E-state index >= 15 is 19.2 Å². The van der Waals surface area contributed by atoms with E-state index in [2.05, 4.69) is 33.2 Å². The van der Waals surface area contributed by atoms with Gasteiger partial charge in [0.25, 0.3) is 5.91 Å². The van der Waals surface area contributed by atoms with Crippen LogP contribution < -0.4 is 26.6 Å². The Balaban J connectivity index is 4.32. The summed E-state index contributed by atoms with van der Waals surface area (Å²) in [5, 5.41) is 26.2. The van der Waals surface area contributed by atoms with Crippen molar-refractivity contribution in [2.24, 2.45) is 41.4 Å². The molecule has 1 heterocycles.